The second kappa shape index (κ2) is 6.06. The lowest BCUT2D eigenvalue weighted by Crippen LogP contribution is -2.27. The van der Waals surface area contributed by atoms with E-state index >= 15 is 0 Å². The Hall–Kier alpha value is 0.200. The molecule has 5 heteroatoms. The number of hydrogen-bond donors (Lipinski definition) is 0. The second-order valence-electron chi connectivity index (χ2n) is 4.47. The minimum absolute atomic E-state index is 0.0978. The predicted octanol–water partition coefficient (Wildman–Crippen LogP) is 2.07. The number of hydrogen-bond acceptors (Lipinski definition) is 3. The molecule has 1 aliphatic rings. The van der Waals surface area contributed by atoms with E-state index < -0.39 is 9.05 Å². The van der Waals surface area contributed by atoms with Crippen LogP contribution in [0.5, 0.6) is 0 Å². The molecule has 1 fully saturated rings. The summed E-state index contributed by atoms with van der Waals surface area (Å²) in [4.78, 5) is 2.35. The molecule has 0 aromatic carbocycles. The van der Waals surface area contributed by atoms with Crippen LogP contribution in [0.15, 0.2) is 0 Å². The minimum Gasteiger partial charge on any atom is -0.303 e. The van der Waals surface area contributed by atoms with Crippen LogP contribution in [0.3, 0.4) is 0 Å². The molecule has 3 nitrogen and oxygen atoms in total. The third-order valence-electron chi connectivity index (χ3n) is 2.97. The molecule has 0 aromatic heterocycles. The van der Waals surface area contributed by atoms with Crippen LogP contribution in [0.2, 0.25) is 0 Å². The monoisotopic (exact) mass is 253 g/mol. The molecule has 1 aliphatic heterocycles. The molecular formula is C10H20ClNO2S. The number of likely N-dealkylation sites (tertiary alicyclic amines) is 1. The fourth-order valence-corrected chi connectivity index (χ4v) is 2.81. The van der Waals surface area contributed by atoms with Gasteiger partial charge in [0.2, 0.25) is 9.05 Å². The Morgan fingerprint density at radius 3 is 2.73 bits per heavy atom. The van der Waals surface area contributed by atoms with E-state index in [1.165, 1.54) is 19.3 Å². The van der Waals surface area contributed by atoms with E-state index in [9.17, 15) is 8.42 Å². The first kappa shape index (κ1) is 13.3. The van der Waals surface area contributed by atoms with Crippen molar-refractivity contribution < 1.29 is 8.42 Å². The molecular weight excluding hydrogens is 234 g/mol. The summed E-state index contributed by atoms with van der Waals surface area (Å²) in [5, 5.41) is 0. The van der Waals surface area contributed by atoms with E-state index in [0.717, 1.165) is 25.6 Å². The van der Waals surface area contributed by atoms with Crippen LogP contribution in [-0.4, -0.2) is 38.7 Å². The Morgan fingerprint density at radius 1 is 1.33 bits per heavy atom. The summed E-state index contributed by atoms with van der Waals surface area (Å²) in [7, 11) is 1.86. The normalized spacial score (nSPS) is 25.1. The van der Waals surface area contributed by atoms with Crippen LogP contribution in [0.1, 0.15) is 32.6 Å². The highest BCUT2D eigenvalue weighted by molar-refractivity contribution is 8.13. The molecule has 0 saturated carbocycles. The van der Waals surface area contributed by atoms with E-state index in [1.54, 1.807) is 0 Å². The topological polar surface area (TPSA) is 37.4 Å². The van der Waals surface area contributed by atoms with Crippen LogP contribution in [-0.2, 0) is 9.05 Å². The van der Waals surface area contributed by atoms with E-state index in [4.69, 9.17) is 10.7 Å². The van der Waals surface area contributed by atoms with Gasteiger partial charge in [0.25, 0.3) is 0 Å². The SMILES string of the molecule is CC1CCCN(CCCS(=O)(=O)Cl)CC1. The number of nitrogens with zero attached hydrogens (tertiary/aromatic N) is 1. The molecule has 0 radical (unpaired) electrons. The maximum absolute atomic E-state index is 10.7. The average Bonchev–Trinajstić information content (AvgIpc) is 2.29. The van der Waals surface area contributed by atoms with E-state index in [0.29, 0.717) is 6.42 Å². The standard InChI is InChI=1S/C10H20ClNO2S/c1-10-4-2-6-12(8-5-10)7-3-9-15(11,13)14/h10H,2-9H2,1H3. The quantitative estimate of drug-likeness (QED) is 0.720. The van der Waals surface area contributed by atoms with Gasteiger partial charge in [0.15, 0.2) is 0 Å². The average molecular weight is 254 g/mol. The summed E-state index contributed by atoms with van der Waals surface area (Å²) in [6.07, 6.45) is 4.41. The number of rotatable bonds is 4. The van der Waals surface area contributed by atoms with Gasteiger partial charge in [0.1, 0.15) is 0 Å². The number of halogens is 1. The highest BCUT2D eigenvalue weighted by Crippen LogP contribution is 2.16. The van der Waals surface area contributed by atoms with E-state index in [-0.39, 0.29) is 5.75 Å². The van der Waals surface area contributed by atoms with Gasteiger partial charge in [-0.3, -0.25) is 0 Å². The fraction of sp³-hybridized carbons (Fsp3) is 1.00. The molecule has 0 bridgehead atoms. The van der Waals surface area contributed by atoms with E-state index in [1.807, 2.05) is 0 Å². The lowest BCUT2D eigenvalue weighted by molar-refractivity contribution is 0.283. The molecule has 0 aromatic rings. The summed E-state index contributed by atoms with van der Waals surface area (Å²) in [6.45, 7) is 5.35. The Morgan fingerprint density at radius 2 is 2.07 bits per heavy atom. The predicted molar refractivity (Wildman–Crippen MR) is 63.7 cm³/mol. The van der Waals surface area contributed by atoms with Gasteiger partial charge < -0.3 is 4.90 Å². The van der Waals surface area contributed by atoms with Gasteiger partial charge in [-0.2, -0.15) is 0 Å². The zero-order chi connectivity index (χ0) is 11.3. The molecule has 0 amide bonds. The minimum atomic E-state index is -3.30. The van der Waals surface area contributed by atoms with Gasteiger partial charge in [-0.05, 0) is 51.2 Å². The molecule has 0 N–H and O–H groups in total. The van der Waals surface area contributed by atoms with Gasteiger partial charge in [-0.15, -0.1) is 0 Å². The molecule has 1 saturated heterocycles. The Bertz CT molecular complexity index is 279. The maximum atomic E-state index is 10.7. The summed E-state index contributed by atoms with van der Waals surface area (Å²) >= 11 is 0. The first-order valence-corrected chi connectivity index (χ1v) is 8.10. The molecule has 90 valence electrons. The van der Waals surface area contributed by atoms with Gasteiger partial charge in [0.05, 0.1) is 5.75 Å². The van der Waals surface area contributed by atoms with Gasteiger partial charge in [0, 0.05) is 10.7 Å². The second-order valence-corrected chi connectivity index (χ2v) is 7.37. The fourth-order valence-electron chi connectivity index (χ4n) is 2.01. The first-order chi connectivity index (χ1) is 6.97. The van der Waals surface area contributed by atoms with Crippen LogP contribution in [0.25, 0.3) is 0 Å². The van der Waals surface area contributed by atoms with Gasteiger partial charge in [-0.1, -0.05) is 6.92 Å². The summed E-state index contributed by atoms with van der Waals surface area (Å²) < 4.78 is 21.5. The lowest BCUT2D eigenvalue weighted by Gasteiger charge is -2.19. The molecule has 0 aliphatic carbocycles. The van der Waals surface area contributed by atoms with Crippen LogP contribution < -0.4 is 0 Å². The summed E-state index contributed by atoms with van der Waals surface area (Å²) in [5.41, 5.74) is 0. The third-order valence-corrected chi connectivity index (χ3v) is 4.21. The zero-order valence-corrected chi connectivity index (χ0v) is 10.9. The van der Waals surface area contributed by atoms with Crippen molar-refractivity contribution in [2.24, 2.45) is 5.92 Å². The van der Waals surface area contributed by atoms with Crippen LogP contribution >= 0.6 is 10.7 Å². The van der Waals surface area contributed by atoms with E-state index in [2.05, 4.69) is 11.8 Å². The Labute approximate surface area is 97.2 Å². The third kappa shape index (κ3) is 6.38. The first-order valence-electron chi connectivity index (χ1n) is 5.62. The zero-order valence-electron chi connectivity index (χ0n) is 9.28. The highest BCUT2D eigenvalue weighted by Gasteiger charge is 2.14. The molecule has 0 spiro atoms. The summed E-state index contributed by atoms with van der Waals surface area (Å²) in [6, 6.07) is 0. The van der Waals surface area contributed by atoms with Crippen molar-refractivity contribution in [2.75, 3.05) is 25.4 Å². The molecule has 1 heterocycles. The Kier molecular flexibility index (Phi) is 5.36. The van der Waals surface area contributed by atoms with Gasteiger partial charge >= 0.3 is 0 Å². The van der Waals surface area contributed by atoms with Crippen LogP contribution in [0, 0.1) is 5.92 Å². The molecule has 15 heavy (non-hydrogen) atoms. The maximum Gasteiger partial charge on any atom is 0.232 e. The van der Waals surface area contributed by atoms with Crippen LogP contribution in [0.4, 0.5) is 0 Å². The van der Waals surface area contributed by atoms with Crippen molar-refractivity contribution in [3.63, 3.8) is 0 Å². The Balaban J connectivity index is 2.21. The molecule has 1 unspecified atom stereocenters. The molecule has 1 rings (SSSR count). The van der Waals surface area contributed by atoms with Crippen molar-refractivity contribution in [3.8, 4) is 0 Å². The largest absolute Gasteiger partial charge is 0.303 e. The molecule has 1 atom stereocenters. The summed E-state index contributed by atoms with van der Waals surface area (Å²) in [5.74, 6) is 0.910. The van der Waals surface area contributed by atoms with Crippen molar-refractivity contribution >= 4 is 19.7 Å². The van der Waals surface area contributed by atoms with Crippen molar-refractivity contribution in [1.29, 1.82) is 0 Å². The van der Waals surface area contributed by atoms with Gasteiger partial charge in [-0.25, -0.2) is 8.42 Å². The highest BCUT2D eigenvalue weighted by atomic mass is 35.7. The smallest absolute Gasteiger partial charge is 0.232 e. The van der Waals surface area contributed by atoms with Crippen molar-refractivity contribution in [1.82, 2.24) is 4.90 Å². The lowest BCUT2D eigenvalue weighted by atomic mass is 10.0. The van der Waals surface area contributed by atoms with Crippen molar-refractivity contribution in [2.45, 2.75) is 32.6 Å². The van der Waals surface area contributed by atoms with Crippen molar-refractivity contribution in [3.05, 3.63) is 0 Å².